The first kappa shape index (κ1) is 39.8. The summed E-state index contributed by atoms with van der Waals surface area (Å²) in [6.45, 7) is 6.47. The summed E-state index contributed by atoms with van der Waals surface area (Å²) >= 11 is 0. The molecule has 0 amide bonds. The Labute approximate surface area is 263 Å². The summed E-state index contributed by atoms with van der Waals surface area (Å²) in [5, 5.41) is 0. The van der Waals surface area contributed by atoms with Crippen LogP contribution in [0.4, 0.5) is 4.79 Å². The van der Waals surface area contributed by atoms with Crippen LogP contribution in [0.3, 0.4) is 0 Å². The predicted octanol–water partition coefficient (Wildman–Crippen LogP) is 7.73. The van der Waals surface area contributed by atoms with Crippen LogP contribution in [0.2, 0.25) is 0 Å². The summed E-state index contributed by atoms with van der Waals surface area (Å²) in [4.78, 5) is 36.8. The molecular formula is C32H57N2O9P. The van der Waals surface area contributed by atoms with E-state index in [1.165, 1.54) is 93.9 Å². The van der Waals surface area contributed by atoms with Gasteiger partial charge in [0.25, 0.3) is 5.56 Å². The Morgan fingerprint density at radius 1 is 0.841 bits per heavy atom. The Morgan fingerprint density at radius 2 is 1.43 bits per heavy atom. The Hall–Kier alpha value is -2.20. The normalized spacial score (nSPS) is 13.0. The molecule has 0 saturated heterocycles. The maximum absolute atomic E-state index is 13.2. The maximum atomic E-state index is 13.2. The van der Waals surface area contributed by atoms with Crippen LogP contribution in [0.25, 0.3) is 0 Å². The van der Waals surface area contributed by atoms with E-state index >= 15 is 0 Å². The zero-order valence-corrected chi connectivity index (χ0v) is 28.2. The van der Waals surface area contributed by atoms with Crippen molar-refractivity contribution in [3.63, 3.8) is 0 Å². The van der Waals surface area contributed by atoms with Gasteiger partial charge in [0.15, 0.2) is 0 Å². The Morgan fingerprint density at radius 3 is 2.02 bits per heavy atom. The number of rotatable bonds is 28. The van der Waals surface area contributed by atoms with Gasteiger partial charge in [0, 0.05) is 32.0 Å². The van der Waals surface area contributed by atoms with Crippen molar-refractivity contribution in [1.82, 2.24) is 9.55 Å². The van der Waals surface area contributed by atoms with E-state index in [2.05, 4.69) is 11.9 Å². The first-order chi connectivity index (χ1) is 21.3. The number of nitrogens with one attached hydrogen (secondary N) is 1. The van der Waals surface area contributed by atoms with Gasteiger partial charge < -0.3 is 18.7 Å². The van der Waals surface area contributed by atoms with Crippen molar-refractivity contribution in [2.45, 2.75) is 130 Å². The quantitative estimate of drug-likeness (QED) is 0.0320. The van der Waals surface area contributed by atoms with Crippen molar-refractivity contribution in [3.8, 4) is 0 Å². The highest BCUT2D eigenvalue weighted by atomic mass is 31.2. The molecular weight excluding hydrogens is 587 g/mol. The van der Waals surface area contributed by atoms with Gasteiger partial charge >= 0.3 is 19.4 Å². The van der Waals surface area contributed by atoms with Crippen LogP contribution in [0, 0.1) is 0 Å². The van der Waals surface area contributed by atoms with Gasteiger partial charge in [-0.3, -0.25) is 23.4 Å². The second kappa shape index (κ2) is 26.1. The van der Waals surface area contributed by atoms with E-state index in [1.807, 2.05) is 0 Å². The van der Waals surface area contributed by atoms with Crippen LogP contribution in [0.15, 0.2) is 34.0 Å². The molecule has 1 N–H and O–H groups in total. The number of carbonyl (C=O) groups excluding carboxylic acids is 1. The third kappa shape index (κ3) is 22.3. The van der Waals surface area contributed by atoms with Gasteiger partial charge in [-0.25, -0.2) is 9.59 Å². The average molecular weight is 645 g/mol. The molecule has 254 valence electrons. The zero-order valence-electron chi connectivity index (χ0n) is 27.3. The lowest BCUT2D eigenvalue weighted by atomic mass is 10.0. The topological polar surface area (TPSA) is 135 Å². The van der Waals surface area contributed by atoms with E-state index in [1.54, 1.807) is 26.0 Å². The largest absolute Gasteiger partial charge is 0.510 e. The van der Waals surface area contributed by atoms with Gasteiger partial charge in [-0.15, -0.1) is 0 Å². The summed E-state index contributed by atoms with van der Waals surface area (Å²) in [6, 6.07) is 1.24. The van der Waals surface area contributed by atoms with E-state index in [9.17, 15) is 18.9 Å². The molecule has 0 spiro atoms. The number of allylic oxidation sites excluding steroid dienone is 2. The number of H-pyrrole nitrogens is 1. The SMILES string of the molecule is CCCCCCCCCCCCCCCCOCCCOP(=O)(C/C=C\Cn1ccc(=O)[nH]c1=O)OCOC(=O)OC(C)C. The molecule has 0 saturated carbocycles. The number of nitrogens with zero attached hydrogens (tertiary/aromatic N) is 1. The molecule has 0 aliphatic carbocycles. The lowest BCUT2D eigenvalue weighted by molar-refractivity contribution is -0.0130. The third-order valence-corrected chi connectivity index (χ3v) is 8.55. The van der Waals surface area contributed by atoms with E-state index in [0.717, 1.165) is 12.8 Å². The fourth-order valence-electron chi connectivity index (χ4n) is 4.37. The second-order valence-electron chi connectivity index (χ2n) is 11.2. The molecule has 12 heteroatoms. The fraction of sp³-hybridized carbons (Fsp3) is 0.781. The molecule has 1 unspecified atom stereocenters. The Kier molecular flexibility index (Phi) is 23.6. The highest BCUT2D eigenvalue weighted by Crippen LogP contribution is 2.48. The summed E-state index contributed by atoms with van der Waals surface area (Å²) in [5.41, 5.74) is -1.04. The van der Waals surface area contributed by atoms with Gasteiger partial charge in [0.1, 0.15) is 0 Å². The molecule has 0 aliphatic heterocycles. The predicted molar refractivity (Wildman–Crippen MR) is 173 cm³/mol. The molecule has 1 atom stereocenters. The van der Waals surface area contributed by atoms with Gasteiger partial charge in [0.05, 0.1) is 18.9 Å². The van der Waals surface area contributed by atoms with Crippen molar-refractivity contribution in [1.29, 1.82) is 0 Å². The highest BCUT2D eigenvalue weighted by Gasteiger charge is 2.24. The number of hydrogen-bond acceptors (Lipinski definition) is 9. The zero-order chi connectivity index (χ0) is 32.3. The molecule has 1 heterocycles. The molecule has 11 nitrogen and oxygen atoms in total. The minimum atomic E-state index is -3.66. The average Bonchev–Trinajstić information content (AvgIpc) is 2.97. The van der Waals surface area contributed by atoms with Crippen molar-refractivity contribution in [2.75, 3.05) is 32.8 Å². The molecule has 0 aromatic carbocycles. The lowest BCUT2D eigenvalue weighted by Crippen LogP contribution is -2.28. The molecule has 1 aromatic heterocycles. The Balaban J connectivity index is 2.22. The van der Waals surface area contributed by atoms with Crippen molar-refractivity contribution in [3.05, 3.63) is 45.3 Å². The highest BCUT2D eigenvalue weighted by molar-refractivity contribution is 7.54. The number of carbonyl (C=O) groups is 1. The summed E-state index contributed by atoms with van der Waals surface area (Å²) < 4.78 is 40.8. The standard InChI is InChI=1S/C32H57N2O9P/c1-4-5-6-7-8-9-10-11-12-13-14-15-16-18-24-39-25-20-26-41-44(38,42-28-40-32(37)43-29(2)3)27-19-17-22-34-23-21-30(35)33-31(34)36/h17,19,21,23,29H,4-16,18,20,22,24-28H2,1-3H3,(H,33,35,36)/b19-17-. The van der Waals surface area contributed by atoms with E-state index in [-0.39, 0.29) is 25.4 Å². The van der Waals surface area contributed by atoms with Crippen molar-refractivity contribution in [2.24, 2.45) is 0 Å². The number of hydrogen-bond donors (Lipinski definition) is 1. The lowest BCUT2D eigenvalue weighted by Gasteiger charge is -2.17. The smallest absolute Gasteiger partial charge is 0.432 e. The summed E-state index contributed by atoms with van der Waals surface area (Å²) in [5.74, 6) is 0. The first-order valence-electron chi connectivity index (χ1n) is 16.5. The molecule has 0 fully saturated rings. The Bertz CT molecular complexity index is 1050. The number of unbranched alkanes of at least 4 members (excludes halogenated alkanes) is 13. The van der Waals surface area contributed by atoms with Crippen LogP contribution >= 0.6 is 7.60 Å². The molecule has 0 aliphatic rings. The van der Waals surface area contributed by atoms with Gasteiger partial charge in [-0.2, -0.15) is 0 Å². The first-order valence-corrected chi connectivity index (χ1v) is 18.2. The fourth-order valence-corrected chi connectivity index (χ4v) is 5.68. The van der Waals surface area contributed by atoms with Crippen LogP contribution in [0.1, 0.15) is 117 Å². The van der Waals surface area contributed by atoms with E-state index in [4.69, 9.17) is 23.3 Å². The van der Waals surface area contributed by atoms with Crippen LogP contribution in [0.5, 0.6) is 0 Å². The number of aromatic nitrogens is 2. The molecule has 1 rings (SSSR count). The van der Waals surface area contributed by atoms with Gasteiger partial charge in [0.2, 0.25) is 6.79 Å². The van der Waals surface area contributed by atoms with Crippen molar-refractivity contribution < 1.29 is 32.6 Å². The molecule has 1 aromatic rings. The molecule has 0 radical (unpaired) electrons. The van der Waals surface area contributed by atoms with E-state index in [0.29, 0.717) is 19.6 Å². The minimum Gasteiger partial charge on any atom is -0.432 e. The molecule has 44 heavy (non-hydrogen) atoms. The van der Waals surface area contributed by atoms with Crippen LogP contribution in [-0.2, 0) is 34.4 Å². The second-order valence-corrected chi connectivity index (χ2v) is 13.3. The third-order valence-electron chi connectivity index (χ3n) is 6.82. The van der Waals surface area contributed by atoms with Gasteiger partial charge in [-0.1, -0.05) is 103 Å². The summed E-state index contributed by atoms with van der Waals surface area (Å²) in [7, 11) is -3.66. The van der Waals surface area contributed by atoms with Crippen LogP contribution < -0.4 is 11.2 Å². The van der Waals surface area contributed by atoms with Gasteiger partial charge in [-0.05, 0) is 26.7 Å². The van der Waals surface area contributed by atoms with E-state index < -0.39 is 31.8 Å². The monoisotopic (exact) mass is 644 g/mol. The number of aromatic amines is 1. The van der Waals surface area contributed by atoms with Crippen molar-refractivity contribution >= 4 is 13.8 Å². The molecule has 0 bridgehead atoms. The summed E-state index contributed by atoms with van der Waals surface area (Å²) in [6.07, 6.45) is 22.0. The number of ether oxygens (including phenoxy) is 3. The van der Waals surface area contributed by atoms with Crippen LogP contribution in [-0.4, -0.2) is 54.6 Å². The maximum Gasteiger partial charge on any atom is 0.510 e. The minimum absolute atomic E-state index is 0.104.